The Labute approximate surface area is 266 Å². The van der Waals surface area contributed by atoms with Crippen molar-refractivity contribution >= 4 is 17.3 Å². The fraction of sp³-hybridized carbons (Fsp3) is 0.222. The highest BCUT2D eigenvalue weighted by Gasteiger charge is 2.53. The van der Waals surface area contributed by atoms with Crippen molar-refractivity contribution in [2.75, 3.05) is 18.6 Å². The molecule has 10 heteroatoms. The average Bonchev–Trinajstić information content (AvgIpc) is 3.64. The molecule has 3 atom stereocenters. The number of fused-ring (bicyclic) bond motifs is 1. The molecule has 0 saturated heterocycles. The van der Waals surface area contributed by atoms with Crippen LogP contribution < -0.4 is 15.2 Å². The van der Waals surface area contributed by atoms with E-state index < -0.39 is 17.4 Å². The van der Waals surface area contributed by atoms with Crippen LogP contribution in [0.25, 0.3) is 5.69 Å². The Morgan fingerprint density at radius 3 is 2.41 bits per heavy atom. The monoisotopic (exact) mass is 617 g/mol. The molecule has 0 aliphatic carbocycles. The number of hydrogen-bond acceptors (Lipinski definition) is 7. The van der Waals surface area contributed by atoms with E-state index in [4.69, 9.17) is 4.74 Å². The number of carbonyl (C=O) groups is 1. The van der Waals surface area contributed by atoms with Crippen LogP contribution in [-0.2, 0) is 16.9 Å². The molecule has 1 amide bonds. The summed E-state index contributed by atoms with van der Waals surface area (Å²) in [5.41, 5.74) is 1.48. The van der Waals surface area contributed by atoms with Crippen LogP contribution in [0.2, 0.25) is 0 Å². The summed E-state index contributed by atoms with van der Waals surface area (Å²) >= 11 is 0. The summed E-state index contributed by atoms with van der Waals surface area (Å²) in [6, 6.07) is 27.4. The highest BCUT2D eigenvalue weighted by atomic mass is 16.5. The molecule has 3 aromatic carbocycles. The molecule has 0 bridgehead atoms. The lowest BCUT2D eigenvalue weighted by molar-refractivity contribution is -0.138. The van der Waals surface area contributed by atoms with Gasteiger partial charge in [0.25, 0.3) is 11.5 Å². The number of nitrogens with zero attached hydrogens (tertiary/aromatic N) is 5. The normalized spacial score (nSPS) is 17.3. The summed E-state index contributed by atoms with van der Waals surface area (Å²) < 4.78 is 8.37. The van der Waals surface area contributed by atoms with Crippen LogP contribution in [0.3, 0.4) is 0 Å². The van der Waals surface area contributed by atoms with E-state index >= 15 is 0 Å². The van der Waals surface area contributed by atoms with Crippen molar-refractivity contribution in [2.45, 2.75) is 31.4 Å². The Morgan fingerprint density at radius 2 is 1.70 bits per heavy atom. The molecule has 10 nitrogen and oxygen atoms in total. The maximum atomic E-state index is 14.1. The molecule has 46 heavy (non-hydrogen) atoms. The minimum Gasteiger partial charge on any atom is -0.491 e. The second kappa shape index (κ2) is 13.0. The average molecular weight is 618 g/mol. The minimum absolute atomic E-state index is 0.0810. The molecule has 0 saturated carbocycles. The molecule has 3 heterocycles. The first-order valence-electron chi connectivity index (χ1n) is 15.1. The molecule has 2 aromatic heterocycles. The first-order valence-corrected chi connectivity index (χ1v) is 15.1. The Kier molecular flexibility index (Phi) is 8.65. The number of benzene rings is 3. The van der Waals surface area contributed by atoms with Crippen molar-refractivity contribution < 1.29 is 19.7 Å². The SMILES string of the molecule is COc1cccn(-c2ccc3c(c2)[C@](O)([C@@H](C)/C=C/CCn2cc(C(CO)c4ccccc4)nn2)C(=O)N3c2ccccc2)c1=O. The van der Waals surface area contributed by atoms with Gasteiger partial charge in [-0.2, -0.15) is 0 Å². The Hall–Kier alpha value is -5.32. The number of rotatable bonds is 11. The highest BCUT2D eigenvalue weighted by molar-refractivity contribution is 6.12. The molecule has 0 radical (unpaired) electrons. The maximum absolute atomic E-state index is 14.1. The van der Waals surface area contributed by atoms with Crippen molar-refractivity contribution in [3.8, 4) is 11.4 Å². The van der Waals surface area contributed by atoms with E-state index in [1.165, 1.54) is 16.6 Å². The number of pyridine rings is 1. The van der Waals surface area contributed by atoms with Gasteiger partial charge in [-0.25, -0.2) is 0 Å². The Morgan fingerprint density at radius 1 is 0.957 bits per heavy atom. The van der Waals surface area contributed by atoms with Crippen molar-refractivity contribution in [1.29, 1.82) is 0 Å². The van der Waals surface area contributed by atoms with Crippen LogP contribution in [0.1, 0.15) is 36.1 Å². The number of aromatic nitrogens is 4. The predicted molar refractivity (Wildman–Crippen MR) is 174 cm³/mol. The van der Waals surface area contributed by atoms with Gasteiger partial charge in [-0.3, -0.25) is 23.7 Å². The first kappa shape index (κ1) is 30.7. The zero-order valence-electron chi connectivity index (χ0n) is 25.6. The van der Waals surface area contributed by atoms with Crippen molar-refractivity contribution in [3.05, 3.63) is 143 Å². The van der Waals surface area contributed by atoms with E-state index in [0.29, 0.717) is 41.3 Å². The maximum Gasteiger partial charge on any atom is 0.297 e. The van der Waals surface area contributed by atoms with E-state index in [1.807, 2.05) is 79.0 Å². The largest absolute Gasteiger partial charge is 0.491 e. The van der Waals surface area contributed by atoms with Gasteiger partial charge in [0, 0.05) is 41.8 Å². The zero-order chi connectivity index (χ0) is 32.3. The second-order valence-electron chi connectivity index (χ2n) is 11.3. The van der Waals surface area contributed by atoms with E-state index in [2.05, 4.69) is 10.3 Å². The van der Waals surface area contributed by atoms with Gasteiger partial charge in [0.1, 0.15) is 0 Å². The lowest BCUT2D eigenvalue weighted by atomic mass is 9.82. The van der Waals surface area contributed by atoms with Crippen molar-refractivity contribution in [2.24, 2.45) is 5.92 Å². The summed E-state index contributed by atoms with van der Waals surface area (Å²) in [6.45, 7) is 2.24. The number of allylic oxidation sites excluding steroid dienone is 1. The summed E-state index contributed by atoms with van der Waals surface area (Å²) in [6.07, 6.45) is 7.77. The molecule has 234 valence electrons. The second-order valence-corrected chi connectivity index (χ2v) is 11.3. The Bertz CT molecular complexity index is 1920. The zero-order valence-corrected chi connectivity index (χ0v) is 25.6. The molecule has 6 rings (SSSR count). The van der Waals surface area contributed by atoms with Crippen molar-refractivity contribution in [3.63, 3.8) is 0 Å². The number of carbonyl (C=O) groups excluding carboxylic acids is 1. The third kappa shape index (κ3) is 5.53. The van der Waals surface area contributed by atoms with Gasteiger partial charge in [0.2, 0.25) is 0 Å². The topological polar surface area (TPSA) is 123 Å². The van der Waals surface area contributed by atoms with Gasteiger partial charge < -0.3 is 14.9 Å². The first-order chi connectivity index (χ1) is 22.4. The lowest BCUT2D eigenvalue weighted by Gasteiger charge is -2.28. The number of anilines is 2. The standard InChI is InChI=1S/C36H35N5O5/c1-25(12-9-10-20-39-23-31(37-38-39)29(24-42)26-13-5-3-6-14-26)36(45)30-22-28(40-21-11-17-33(46-2)34(40)43)18-19-32(30)41(35(36)44)27-15-7-4-8-16-27/h3-9,11-19,21-23,25,29,42,45H,10,20,24H2,1-2H3/b12-9+/t25-,29?,36+/m0/s1. The van der Waals surface area contributed by atoms with Gasteiger partial charge in [0.05, 0.1) is 31.0 Å². The molecule has 5 aromatic rings. The van der Waals surface area contributed by atoms with E-state index in [9.17, 15) is 19.8 Å². The number of para-hydroxylation sites is 1. The highest BCUT2D eigenvalue weighted by Crippen LogP contribution is 2.48. The van der Waals surface area contributed by atoms with E-state index in [-0.39, 0.29) is 23.8 Å². The van der Waals surface area contributed by atoms with Crippen LogP contribution in [0.15, 0.2) is 120 Å². The smallest absolute Gasteiger partial charge is 0.297 e. The molecular weight excluding hydrogens is 582 g/mol. The molecule has 0 spiro atoms. The van der Waals surface area contributed by atoms with Crippen molar-refractivity contribution in [1.82, 2.24) is 19.6 Å². The summed E-state index contributed by atoms with van der Waals surface area (Å²) in [5, 5.41) is 30.8. The number of aliphatic hydroxyl groups excluding tert-OH is 1. The van der Waals surface area contributed by atoms with E-state index in [1.54, 1.807) is 48.1 Å². The van der Waals surface area contributed by atoms with E-state index in [0.717, 1.165) is 5.56 Å². The molecule has 1 aliphatic heterocycles. The molecular formula is C36H35N5O5. The van der Waals surface area contributed by atoms with Gasteiger partial charge in [-0.1, -0.05) is 72.8 Å². The fourth-order valence-electron chi connectivity index (χ4n) is 5.96. The minimum atomic E-state index is -1.90. The number of hydrogen-bond donors (Lipinski definition) is 2. The van der Waals surface area contributed by atoms with Gasteiger partial charge >= 0.3 is 0 Å². The number of aryl methyl sites for hydroxylation is 1. The fourth-order valence-corrected chi connectivity index (χ4v) is 5.96. The lowest BCUT2D eigenvalue weighted by Crippen LogP contribution is -2.42. The van der Waals surface area contributed by atoms with Gasteiger partial charge in [-0.05, 0) is 54.4 Å². The summed E-state index contributed by atoms with van der Waals surface area (Å²) in [4.78, 5) is 28.7. The number of amides is 1. The van der Waals surface area contributed by atoms with Crippen LogP contribution >= 0.6 is 0 Å². The predicted octanol–water partition coefficient (Wildman–Crippen LogP) is 4.71. The van der Waals surface area contributed by atoms with Crippen LogP contribution in [0.4, 0.5) is 11.4 Å². The molecule has 1 aliphatic rings. The number of ether oxygens (including phenoxy) is 1. The Balaban J connectivity index is 1.26. The number of methoxy groups -OCH3 is 1. The third-order valence-electron chi connectivity index (χ3n) is 8.49. The van der Waals surface area contributed by atoms with Gasteiger partial charge in [-0.15, -0.1) is 5.10 Å². The van der Waals surface area contributed by atoms with Crippen LogP contribution in [-0.4, -0.2) is 49.4 Å². The summed E-state index contributed by atoms with van der Waals surface area (Å²) in [7, 11) is 1.44. The van der Waals surface area contributed by atoms with Gasteiger partial charge in [0.15, 0.2) is 11.4 Å². The quantitative estimate of drug-likeness (QED) is 0.206. The third-order valence-corrected chi connectivity index (χ3v) is 8.49. The molecule has 2 N–H and O–H groups in total. The number of aliphatic hydroxyl groups is 2. The molecule has 0 fully saturated rings. The van der Waals surface area contributed by atoms with Crippen LogP contribution in [0, 0.1) is 5.92 Å². The molecule has 1 unspecified atom stereocenters. The van der Waals surface area contributed by atoms with Crippen LogP contribution in [0.5, 0.6) is 5.75 Å². The summed E-state index contributed by atoms with van der Waals surface area (Å²) in [5.74, 6) is -1.17.